The summed E-state index contributed by atoms with van der Waals surface area (Å²) in [7, 11) is 3.73. The van der Waals surface area contributed by atoms with Crippen LogP contribution >= 0.6 is 11.6 Å². The molecule has 33 heavy (non-hydrogen) atoms. The number of Topliss-reactive ketones (excluding diaryl/α,β-unsaturated/α-hetero) is 1. The average molecular weight is 466 g/mol. The molecule has 0 unspecified atom stereocenters. The smallest absolute Gasteiger partial charge is 0.227 e. The van der Waals surface area contributed by atoms with Crippen molar-refractivity contribution in [3.8, 4) is 5.75 Å². The highest BCUT2D eigenvalue weighted by atomic mass is 35.5. The van der Waals surface area contributed by atoms with E-state index >= 15 is 0 Å². The predicted molar refractivity (Wildman–Crippen MR) is 132 cm³/mol. The van der Waals surface area contributed by atoms with Gasteiger partial charge in [0.15, 0.2) is 5.78 Å². The summed E-state index contributed by atoms with van der Waals surface area (Å²) >= 11 is 6.14. The molecule has 0 saturated carbocycles. The number of halogens is 1. The Kier molecular flexibility index (Phi) is 7.11. The molecule has 0 amide bonds. The second-order valence-corrected chi connectivity index (χ2v) is 8.63. The van der Waals surface area contributed by atoms with E-state index in [1.807, 2.05) is 24.3 Å². The lowest BCUT2D eigenvalue weighted by molar-refractivity contribution is 0.101. The van der Waals surface area contributed by atoms with Crippen molar-refractivity contribution in [2.45, 2.75) is 13.3 Å². The van der Waals surface area contributed by atoms with Gasteiger partial charge in [0.1, 0.15) is 5.75 Å². The predicted octanol–water partition coefficient (Wildman–Crippen LogP) is 4.43. The molecule has 1 aromatic heterocycles. The first-order valence-electron chi connectivity index (χ1n) is 10.9. The lowest BCUT2D eigenvalue weighted by Crippen LogP contribution is -2.44. The number of carbonyl (C=O) groups excluding carboxylic acids is 1. The summed E-state index contributed by atoms with van der Waals surface area (Å²) in [6.07, 6.45) is 2.04. The molecule has 0 atom stereocenters. The Balaban J connectivity index is 1.52. The molecule has 0 aliphatic carbocycles. The van der Waals surface area contributed by atoms with Gasteiger partial charge in [0.25, 0.3) is 0 Å². The van der Waals surface area contributed by atoms with Crippen molar-refractivity contribution in [2.75, 3.05) is 50.6 Å². The van der Waals surface area contributed by atoms with Crippen LogP contribution in [0.1, 0.15) is 28.5 Å². The Labute approximate surface area is 199 Å². The molecule has 3 aromatic rings. The van der Waals surface area contributed by atoms with Gasteiger partial charge in [0.2, 0.25) is 5.95 Å². The van der Waals surface area contributed by atoms with Crippen LogP contribution in [0.4, 0.5) is 17.3 Å². The van der Waals surface area contributed by atoms with Gasteiger partial charge in [-0.05, 0) is 55.9 Å². The van der Waals surface area contributed by atoms with Crippen LogP contribution in [-0.4, -0.2) is 61.0 Å². The average Bonchev–Trinajstić information content (AvgIpc) is 2.81. The van der Waals surface area contributed by atoms with Crippen LogP contribution in [0.25, 0.3) is 0 Å². The fourth-order valence-electron chi connectivity index (χ4n) is 3.86. The number of piperazine rings is 1. The molecule has 8 heteroatoms. The van der Waals surface area contributed by atoms with Crippen LogP contribution in [-0.2, 0) is 6.42 Å². The molecule has 2 heterocycles. The number of hydrogen-bond acceptors (Lipinski definition) is 7. The largest absolute Gasteiger partial charge is 0.495 e. The molecule has 172 valence electrons. The van der Waals surface area contributed by atoms with Crippen molar-refractivity contribution in [3.63, 3.8) is 0 Å². The molecule has 1 aliphatic heterocycles. The summed E-state index contributed by atoms with van der Waals surface area (Å²) in [6, 6.07) is 13.8. The van der Waals surface area contributed by atoms with Crippen molar-refractivity contribution in [3.05, 3.63) is 70.5 Å². The monoisotopic (exact) mass is 465 g/mol. The first-order chi connectivity index (χ1) is 15.9. The van der Waals surface area contributed by atoms with E-state index in [0.717, 1.165) is 37.4 Å². The van der Waals surface area contributed by atoms with Crippen molar-refractivity contribution in [1.29, 1.82) is 0 Å². The summed E-state index contributed by atoms with van der Waals surface area (Å²) in [5.74, 6) is 0.962. The molecule has 0 bridgehead atoms. The van der Waals surface area contributed by atoms with Gasteiger partial charge < -0.3 is 19.9 Å². The zero-order valence-electron chi connectivity index (χ0n) is 19.1. The third-order valence-electron chi connectivity index (χ3n) is 5.83. The molecule has 0 spiro atoms. The normalized spacial score (nSPS) is 14.2. The summed E-state index contributed by atoms with van der Waals surface area (Å²) < 4.78 is 5.31. The van der Waals surface area contributed by atoms with E-state index in [0.29, 0.717) is 34.4 Å². The lowest BCUT2D eigenvalue weighted by Gasteiger charge is -2.34. The van der Waals surface area contributed by atoms with E-state index in [-0.39, 0.29) is 5.78 Å². The van der Waals surface area contributed by atoms with E-state index in [9.17, 15) is 4.79 Å². The van der Waals surface area contributed by atoms with Gasteiger partial charge in [0, 0.05) is 50.2 Å². The highest BCUT2D eigenvalue weighted by Crippen LogP contribution is 2.27. The van der Waals surface area contributed by atoms with Crippen molar-refractivity contribution < 1.29 is 9.53 Å². The Morgan fingerprint density at radius 3 is 2.52 bits per heavy atom. The number of rotatable bonds is 7. The minimum Gasteiger partial charge on any atom is -0.495 e. The molecule has 0 radical (unpaired) electrons. The number of ketones is 1. The molecule has 1 saturated heterocycles. The molecule has 1 fully saturated rings. The standard InChI is InChI=1S/C25H28ClN5O2/c1-17(32)21-16-27-25(29-23(21)14-18-4-9-22(26)24(15-18)33-3)28-19-5-7-20(8-6-19)31-12-10-30(2)11-13-31/h4-9,15-16H,10-14H2,1-3H3,(H,27,28,29). The van der Waals surface area contributed by atoms with E-state index in [1.165, 1.54) is 12.6 Å². The topological polar surface area (TPSA) is 70.6 Å². The molecule has 4 rings (SSSR count). The maximum absolute atomic E-state index is 12.2. The first kappa shape index (κ1) is 23.0. The lowest BCUT2D eigenvalue weighted by atomic mass is 10.0. The number of methoxy groups -OCH3 is 1. The van der Waals surface area contributed by atoms with Gasteiger partial charge >= 0.3 is 0 Å². The first-order valence-corrected chi connectivity index (χ1v) is 11.3. The Bertz CT molecular complexity index is 1130. The van der Waals surface area contributed by atoms with Gasteiger partial charge in [-0.25, -0.2) is 9.97 Å². The van der Waals surface area contributed by atoms with Gasteiger partial charge in [-0.1, -0.05) is 17.7 Å². The van der Waals surface area contributed by atoms with Crippen LogP contribution in [0.15, 0.2) is 48.7 Å². The SMILES string of the molecule is COc1cc(Cc2nc(Nc3ccc(N4CCN(C)CC4)cc3)ncc2C(C)=O)ccc1Cl. The zero-order valence-corrected chi connectivity index (χ0v) is 19.9. The van der Waals surface area contributed by atoms with Gasteiger partial charge in [-0.2, -0.15) is 0 Å². The second kappa shape index (κ2) is 10.2. The summed E-state index contributed by atoms with van der Waals surface area (Å²) in [6.45, 7) is 5.71. The number of nitrogens with one attached hydrogen (secondary N) is 1. The molecular weight excluding hydrogens is 438 g/mol. The number of anilines is 3. The number of ether oxygens (including phenoxy) is 1. The Morgan fingerprint density at radius 1 is 1.12 bits per heavy atom. The third-order valence-corrected chi connectivity index (χ3v) is 6.14. The fraction of sp³-hybridized carbons (Fsp3) is 0.320. The maximum atomic E-state index is 12.2. The van der Waals surface area contributed by atoms with E-state index in [2.05, 4.69) is 44.3 Å². The van der Waals surface area contributed by atoms with Crippen LogP contribution in [0, 0.1) is 0 Å². The third kappa shape index (κ3) is 5.61. The van der Waals surface area contributed by atoms with Gasteiger partial charge in [-0.3, -0.25) is 4.79 Å². The van der Waals surface area contributed by atoms with E-state index in [4.69, 9.17) is 16.3 Å². The Hall–Kier alpha value is -3.16. The van der Waals surface area contributed by atoms with Crippen LogP contribution in [0.5, 0.6) is 5.75 Å². The van der Waals surface area contributed by atoms with E-state index < -0.39 is 0 Å². The number of benzene rings is 2. The zero-order chi connectivity index (χ0) is 23.4. The van der Waals surface area contributed by atoms with Crippen molar-refractivity contribution >= 4 is 34.7 Å². The van der Waals surface area contributed by atoms with Gasteiger partial charge in [0.05, 0.1) is 23.4 Å². The molecular formula is C25H28ClN5O2. The molecule has 2 aromatic carbocycles. The van der Waals surface area contributed by atoms with Crippen LogP contribution < -0.4 is 15.0 Å². The highest BCUT2D eigenvalue weighted by Gasteiger charge is 2.15. The number of hydrogen-bond donors (Lipinski definition) is 1. The maximum Gasteiger partial charge on any atom is 0.227 e. The number of aromatic nitrogens is 2. The molecule has 1 N–H and O–H groups in total. The fourth-order valence-corrected chi connectivity index (χ4v) is 4.06. The highest BCUT2D eigenvalue weighted by molar-refractivity contribution is 6.32. The number of nitrogens with zero attached hydrogens (tertiary/aromatic N) is 4. The van der Waals surface area contributed by atoms with Gasteiger partial charge in [-0.15, -0.1) is 0 Å². The minimum absolute atomic E-state index is 0.0750. The second-order valence-electron chi connectivity index (χ2n) is 8.22. The van der Waals surface area contributed by atoms with E-state index in [1.54, 1.807) is 19.4 Å². The quantitative estimate of drug-likeness (QED) is 0.517. The number of carbonyl (C=O) groups is 1. The summed E-state index contributed by atoms with van der Waals surface area (Å²) in [5, 5.41) is 3.80. The Morgan fingerprint density at radius 2 is 1.85 bits per heavy atom. The molecule has 7 nitrogen and oxygen atoms in total. The number of likely N-dealkylation sites (N-methyl/N-ethyl adjacent to an activating group) is 1. The van der Waals surface area contributed by atoms with Crippen molar-refractivity contribution in [2.24, 2.45) is 0 Å². The van der Waals surface area contributed by atoms with Crippen LogP contribution in [0.3, 0.4) is 0 Å². The van der Waals surface area contributed by atoms with Crippen molar-refractivity contribution in [1.82, 2.24) is 14.9 Å². The molecule has 1 aliphatic rings. The van der Waals surface area contributed by atoms with Crippen LogP contribution in [0.2, 0.25) is 5.02 Å². The summed E-state index contributed by atoms with van der Waals surface area (Å²) in [5.41, 5.74) is 4.19. The minimum atomic E-state index is -0.0750. The summed E-state index contributed by atoms with van der Waals surface area (Å²) in [4.78, 5) is 25.9.